The second-order valence-electron chi connectivity index (χ2n) is 4.63. The Labute approximate surface area is 137 Å². The van der Waals surface area contributed by atoms with Crippen LogP contribution in [0, 0.1) is 0 Å². The van der Waals surface area contributed by atoms with Crippen molar-refractivity contribution in [3.63, 3.8) is 0 Å². The summed E-state index contributed by atoms with van der Waals surface area (Å²) in [4.78, 5) is 8.81. The number of hydrogen-bond acceptors (Lipinski definition) is 4. The number of ether oxygens (including phenoxy) is 1. The first-order valence-electron chi connectivity index (χ1n) is 6.75. The van der Waals surface area contributed by atoms with Crippen LogP contribution in [-0.4, -0.2) is 17.1 Å². The van der Waals surface area contributed by atoms with Crippen molar-refractivity contribution in [2.45, 2.75) is 0 Å². The van der Waals surface area contributed by atoms with Crippen molar-refractivity contribution in [3.8, 4) is 17.0 Å². The van der Waals surface area contributed by atoms with E-state index in [1.54, 1.807) is 13.3 Å². The Morgan fingerprint density at radius 1 is 1.05 bits per heavy atom. The molecule has 0 aliphatic heterocycles. The predicted octanol–water partition coefficient (Wildman–Crippen LogP) is 4.66. The van der Waals surface area contributed by atoms with Crippen LogP contribution in [0.4, 0.5) is 11.6 Å². The molecule has 1 N–H and O–H groups in total. The minimum atomic E-state index is 0.550. The monoisotopic (exact) mass is 355 g/mol. The molecule has 1 heterocycles. The summed E-state index contributed by atoms with van der Waals surface area (Å²) in [6.07, 6.45) is 1.74. The van der Waals surface area contributed by atoms with Crippen LogP contribution < -0.4 is 10.1 Å². The summed E-state index contributed by atoms with van der Waals surface area (Å²) in [5.74, 6) is 1.34. The van der Waals surface area contributed by atoms with Crippen LogP contribution >= 0.6 is 15.9 Å². The van der Waals surface area contributed by atoms with Gasteiger partial charge < -0.3 is 10.1 Å². The molecule has 0 saturated carbocycles. The smallest absolute Gasteiger partial charge is 0.227 e. The maximum atomic E-state index is 5.21. The highest BCUT2D eigenvalue weighted by atomic mass is 79.9. The van der Waals surface area contributed by atoms with Crippen molar-refractivity contribution in [2.24, 2.45) is 0 Å². The quantitative estimate of drug-likeness (QED) is 0.739. The number of nitrogens with one attached hydrogen (secondary N) is 1. The highest BCUT2D eigenvalue weighted by molar-refractivity contribution is 9.10. The van der Waals surface area contributed by atoms with Crippen LogP contribution in [0.5, 0.6) is 5.75 Å². The lowest BCUT2D eigenvalue weighted by Crippen LogP contribution is -1.98. The first-order chi connectivity index (χ1) is 10.7. The average molecular weight is 356 g/mol. The molecule has 0 amide bonds. The Morgan fingerprint density at radius 3 is 2.64 bits per heavy atom. The first-order valence-corrected chi connectivity index (χ1v) is 7.54. The van der Waals surface area contributed by atoms with Gasteiger partial charge in [0.2, 0.25) is 5.95 Å². The van der Waals surface area contributed by atoms with Crippen LogP contribution in [-0.2, 0) is 0 Å². The van der Waals surface area contributed by atoms with Gasteiger partial charge in [0.25, 0.3) is 0 Å². The standard InChI is InChI=1S/C17H14BrN3O/c1-22-15-4-2-3-14(11-15)20-17-19-10-9-16(21-17)12-5-7-13(18)8-6-12/h2-11H,1H3,(H,19,20,21). The molecule has 0 bridgehead atoms. The molecule has 3 rings (SSSR count). The molecule has 0 aliphatic carbocycles. The van der Waals surface area contributed by atoms with Gasteiger partial charge in [-0.15, -0.1) is 0 Å². The molecule has 0 aliphatic rings. The summed E-state index contributed by atoms with van der Waals surface area (Å²) in [5, 5.41) is 3.19. The van der Waals surface area contributed by atoms with Crippen LogP contribution in [0.2, 0.25) is 0 Å². The van der Waals surface area contributed by atoms with E-state index in [1.807, 2.05) is 54.6 Å². The van der Waals surface area contributed by atoms with E-state index in [2.05, 4.69) is 31.2 Å². The van der Waals surface area contributed by atoms with E-state index in [-0.39, 0.29) is 0 Å². The number of methoxy groups -OCH3 is 1. The molecule has 4 nitrogen and oxygen atoms in total. The van der Waals surface area contributed by atoms with E-state index in [1.165, 1.54) is 0 Å². The molecule has 0 unspecified atom stereocenters. The topological polar surface area (TPSA) is 47.0 Å². The van der Waals surface area contributed by atoms with Crippen LogP contribution in [0.25, 0.3) is 11.3 Å². The Hall–Kier alpha value is -2.40. The van der Waals surface area contributed by atoms with Crippen molar-refractivity contribution < 1.29 is 4.74 Å². The Kier molecular flexibility index (Phi) is 4.34. The van der Waals surface area contributed by atoms with Gasteiger partial charge in [-0.05, 0) is 30.3 Å². The van der Waals surface area contributed by atoms with Crippen molar-refractivity contribution in [3.05, 3.63) is 65.3 Å². The normalized spacial score (nSPS) is 10.3. The third-order valence-electron chi connectivity index (χ3n) is 3.12. The first kappa shape index (κ1) is 14.5. The molecule has 3 aromatic rings. The Balaban J connectivity index is 1.86. The summed E-state index contributed by atoms with van der Waals surface area (Å²) >= 11 is 3.43. The highest BCUT2D eigenvalue weighted by Gasteiger charge is 2.03. The lowest BCUT2D eigenvalue weighted by Gasteiger charge is -2.08. The molecule has 0 fully saturated rings. The van der Waals surface area contributed by atoms with Crippen LogP contribution in [0.1, 0.15) is 0 Å². The minimum absolute atomic E-state index is 0.550. The van der Waals surface area contributed by atoms with Gasteiger partial charge in [0.05, 0.1) is 12.8 Å². The number of aromatic nitrogens is 2. The number of anilines is 2. The SMILES string of the molecule is COc1cccc(Nc2nccc(-c3ccc(Br)cc3)n2)c1. The van der Waals surface area contributed by atoms with E-state index in [0.717, 1.165) is 27.2 Å². The largest absolute Gasteiger partial charge is 0.497 e. The van der Waals surface area contributed by atoms with Crippen molar-refractivity contribution in [1.82, 2.24) is 9.97 Å². The van der Waals surface area contributed by atoms with Crippen LogP contribution in [0.15, 0.2) is 65.3 Å². The minimum Gasteiger partial charge on any atom is -0.497 e. The van der Waals surface area contributed by atoms with E-state index in [9.17, 15) is 0 Å². The lowest BCUT2D eigenvalue weighted by atomic mass is 10.1. The second-order valence-corrected chi connectivity index (χ2v) is 5.55. The molecule has 110 valence electrons. The molecular weight excluding hydrogens is 342 g/mol. The number of halogens is 1. The van der Waals surface area contributed by atoms with Crippen molar-refractivity contribution in [2.75, 3.05) is 12.4 Å². The predicted molar refractivity (Wildman–Crippen MR) is 91.4 cm³/mol. The summed E-state index contributed by atoms with van der Waals surface area (Å²) in [6, 6.07) is 17.6. The van der Waals surface area contributed by atoms with Gasteiger partial charge in [0.15, 0.2) is 0 Å². The highest BCUT2D eigenvalue weighted by Crippen LogP contribution is 2.23. The molecule has 0 radical (unpaired) electrons. The number of rotatable bonds is 4. The zero-order valence-electron chi connectivity index (χ0n) is 12.0. The van der Waals surface area contributed by atoms with E-state index < -0.39 is 0 Å². The van der Waals surface area contributed by atoms with E-state index >= 15 is 0 Å². The van der Waals surface area contributed by atoms with Gasteiger partial charge in [0.1, 0.15) is 5.75 Å². The van der Waals surface area contributed by atoms with Crippen molar-refractivity contribution >= 4 is 27.6 Å². The van der Waals surface area contributed by atoms with Gasteiger partial charge in [-0.25, -0.2) is 9.97 Å². The third kappa shape index (κ3) is 3.43. The fourth-order valence-electron chi connectivity index (χ4n) is 2.03. The maximum Gasteiger partial charge on any atom is 0.227 e. The molecule has 22 heavy (non-hydrogen) atoms. The van der Waals surface area contributed by atoms with E-state index in [4.69, 9.17) is 4.74 Å². The number of hydrogen-bond donors (Lipinski definition) is 1. The third-order valence-corrected chi connectivity index (χ3v) is 3.65. The maximum absolute atomic E-state index is 5.21. The van der Waals surface area contributed by atoms with Gasteiger partial charge >= 0.3 is 0 Å². The summed E-state index contributed by atoms with van der Waals surface area (Å²) in [5.41, 5.74) is 2.79. The fraction of sp³-hybridized carbons (Fsp3) is 0.0588. The molecule has 5 heteroatoms. The lowest BCUT2D eigenvalue weighted by molar-refractivity contribution is 0.415. The number of benzene rings is 2. The molecule has 2 aromatic carbocycles. The molecule has 0 spiro atoms. The van der Waals surface area contributed by atoms with Crippen molar-refractivity contribution in [1.29, 1.82) is 0 Å². The average Bonchev–Trinajstić information content (AvgIpc) is 2.56. The van der Waals surface area contributed by atoms with Gasteiger partial charge in [0, 0.05) is 28.0 Å². The van der Waals surface area contributed by atoms with Crippen LogP contribution in [0.3, 0.4) is 0 Å². The zero-order chi connectivity index (χ0) is 15.4. The second kappa shape index (κ2) is 6.58. The van der Waals surface area contributed by atoms with Gasteiger partial charge in [-0.2, -0.15) is 0 Å². The fourth-order valence-corrected chi connectivity index (χ4v) is 2.29. The summed E-state index contributed by atoms with van der Waals surface area (Å²) in [6.45, 7) is 0. The molecule has 1 aromatic heterocycles. The number of nitrogens with zero attached hydrogens (tertiary/aromatic N) is 2. The molecule has 0 saturated heterocycles. The van der Waals surface area contributed by atoms with Gasteiger partial charge in [-0.1, -0.05) is 34.1 Å². The Bertz CT molecular complexity index is 775. The molecule has 0 atom stereocenters. The summed E-state index contributed by atoms with van der Waals surface area (Å²) < 4.78 is 6.25. The zero-order valence-corrected chi connectivity index (χ0v) is 13.5. The summed E-state index contributed by atoms with van der Waals surface area (Å²) in [7, 11) is 1.64. The van der Waals surface area contributed by atoms with E-state index in [0.29, 0.717) is 5.95 Å². The van der Waals surface area contributed by atoms with Gasteiger partial charge in [-0.3, -0.25) is 0 Å². The Morgan fingerprint density at radius 2 is 1.86 bits per heavy atom. The molecular formula is C17H14BrN3O.